The standard InChI is InChI=1S/C22H21N5O4/c1-27-19(11-17(26-27)16-10-13(30-2)8-9-20(16)31-3)22(29)23-12-18-14-6-4-5-7-15(14)21(28)25-24-18/h4-11H,12H2,1-3H3,(H,23,29)(H,25,28). The second-order valence-electron chi connectivity index (χ2n) is 6.83. The smallest absolute Gasteiger partial charge is 0.272 e. The lowest BCUT2D eigenvalue weighted by atomic mass is 10.1. The minimum Gasteiger partial charge on any atom is -0.497 e. The molecule has 0 bridgehead atoms. The number of carbonyl (C=O) groups excluding carboxylic acids is 1. The van der Waals surface area contributed by atoms with Gasteiger partial charge in [0.2, 0.25) is 0 Å². The van der Waals surface area contributed by atoms with Gasteiger partial charge in [0, 0.05) is 18.0 Å². The van der Waals surface area contributed by atoms with Crippen LogP contribution in [-0.4, -0.2) is 40.1 Å². The number of rotatable bonds is 6. The van der Waals surface area contributed by atoms with Crippen molar-refractivity contribution in [1.29, 1.82) is 0 Å². The molecule has 1 amide bonds. The van der Waals surface area contributed by atoms with E-state index in [0.29, 0.717) is 44.9 Å². The number of hydrogen-bond donors (Lipinski definition) is 2. The van der Waals surface area contributed by atoms with Crippen molar-refractivity contribution in [2.75, 3.05) is 14.2 Å². The SMILES string of the molecule is COc1ccc(OC)c(-c2cc(C(=O)NCc3n[nH]c(=O)c4ccccc34)n(C)n2)c1. The summed E-state index contributed by atoms with van der Waals surface area (Å²) in [5, 5.41) is 15.1. The van der Waals surface area contributed by atoms with Gasteiger partial charge in [-0.15, -0.1) is 0 Å². The molecule has 2 aromatic heterocycles. The van der Waals surface area contributed by atoms with Crippen LogP contribution in [-0.2, 0) is 13.6 Å². The van der Waals surface area contributed by atoms with Gasteiger partial charge in [-0.1, -0.05) is 18.2 Å². The van der Waals surface area contributed by atoms with E-state index in [1.807, 2.05) is 6.07 Å². The predicted molar refractivity (Wildman–Crippen MR) is 115 cm³/mol. The molecule has 0 atom stereocenters. The molecule has 0 radical (unpaired) electrons. The average molecular weight is 419 g/mol. The molecule has 158 valence electrons. The maximum Gasteiger partial charge on any atom is 0.272 e. The van der Waals surface area contributed by atoms with Gasteiger partial charge >= 0.3 is 0 Å². The summed E-state index contributed by atoms with van der Waals surface area (Å²) < 4.78 is 12.2. The number of nitrogens with zero attached hydrogens (tertiary/aromatic N) is 3. The zero-order valence-electron chi connectivity index (χ0n) is 17.3. The molecule has 2 heterocycles. The lowest BCUT2D eigenvalue weighted by Gasteiger charge is -2.08. The van der Waals surface area contributed by atoms with E-state index in [9.17, 15) is 9.59 Å². The number of hydrogen-bond acceptors (Lipinski definition) is 6. The Kier molecular flexibility index (Phi) is 5.40. The highest BCUT2D eigenvalue weighted by Crippen LogP contribution is 2.32. The molecule has 0 unspecified atom stereocenters. The summed E-state index contributed by atoms with van der Waals surface area (Å²) >= 11 is 0. The first-order valence-corrected chi connectivity index (χ1v) is 9.52. The molecule has 0 aliphatic rings. The number of fused-ring (bicyclic) bond motifs is 1. The van der Waals surface area contributed by atoms with Gasteiger partial charge in [0.25, 0.3) is 11.5 Å². The van der Waals surface area contributed by atoms with Gasteiger partial charge in [-0.05, 0) is 30.3 Å². The normalized spacial score (nSPS) is 10.8. The molecule has 0 aliphatic carbocycles. The Morgan fingerprint density at radius 2 is 1.87 bits per heavy atom. The Bertz CT molecular complexity index is 1330. The summed E-state index contributed by atoms with van der Waals surface area (Å²) in [6.07, 6.45) is 0. The molecule has 0 spiro atoms. The highest BCUT2D eigenvalue weighted by atomic mass is 16.5. The third kappa shape index (κ3) is 3.85. The van der Waals surface area contributed by atoms with E-state index in [2.05, 4.69) is 20.6 Å². The maximum atomic E-state index is 12.8. The van der Waals surface area contributed by atoms with Gasteiger partial charge < -0.3 is 14.8 Å². The van der Waals surface area contributed by atoms with Crippen LogP contribution in [0.5, 0.6) is 11.5 Å². The van der Waals surface area contributed by atoms with Gasteiger partial charge in [-0.25, -0.2) is 5.10 Å². The molecule has 0 saturated heterocycles. The van der Waals surface area contributed by atoms with Crippen molar-refractivity contribution in [3.63, 3.8) is 0 Å². The molecule has 2 N–H and O–H groups in total. The molecule has 4 aromatic rings. The highest BCUT2D eigenvalue weighted by Gasteiger charge is 2.18. The number of aromatic nitrogens is 4. The fraction of sp³-hybridized carbons (Fsp3) is 0.182. The molecule has 31 heavy (non-hydrogen) atoms. The van der Waals surface area contributed by atoms with Crippen LogP contribution >= 0.6 is 0 Å². The third-order valence-corrected chi connectivity index (χ3v) is 4.99. The Balaban J connectivity index is 1.60. The van der Waals surface area contributed by atoms with Gasteiger partial charge in [0.05, 0.1) is 37.5 Å². The van der Waals surface area contributed by atoms with Crippen LogP contribution in [0.1, 0.15) is 16.2 Å². The van der Waals surface area contributed by atoms with E-state index in [0.717, 1.165) is 0 Å². The Labute approximate surface area is 177 Å². The number of ether oxygens (including phenoxy) is 2. The second-order valence-corrected chi connectivity index (χ2v) is 6.83. The molecular weight excluding hydrogens is 398 g/mol. The highest BCUT2D eigenvalue weighted by molar-refractivity contribution is 5.94. The van der Waals surface area contributed by atoms with Crippen molar-refractivity contribution in [3.05, 3.63) is 70.3 Å². The van der Waals surface area contributed by atoms with Crippen LogP contribution in [0.15, 0.2) is 53.3 Å². The number of H-pyrrole nitrogens is 1. The van der Waals surface area contributed by atoms with Crippen LogP contribution in [0.2, 0.25) is 0 Å². The fourth-order valence-corrected chi connectivity index (χ4v) is 3.39. The van der Waals surface area contributed by atoms with Crippen LogP contribution < -0.4 is 20.3 Å². The van der Waals surface area contributed by atoms with Crippen molar-refractivity contribution in [3.8, 4) is 22.8 Å². The maximum absolute atomic E-state index is 12.8. The van der Waals surface area contributed by atoms with E-state index in [4.69, 9.17) is 9.47 Å². The molecule has 0 aliphatic heterocycles. The first-order chi connectivity index (χ1) is 15.0. The third-order valence-electron chi connectivity index (χ3n) is 4.99. The lowest BCUT2D eigenvalue weighted by molar-refractivity contribution is 0.0941. The van der Waals surface area contributed by atoms with E-state index in [1.54, 1.807) is 63.7 Å². The zero-order chi connectivity index (χ0) is 22.0. The summed E-state index contributed by atoms with van der Waals surface area (Å²) in [5.74, 6) is 0.957. The summed E-state index contributed by atoms with van der Waals surface area (Å²) in [4.78, 5) is 24.8. The molecule has 9 heteroatoms. The van der Waals surface area contributed by atoms with E-state index < -0.39 is 0 Å². The van der Waals surface area contributed by atoms with Crippen LogP contribution in [0, 0.1) is 0 Å². The molecule has 9 nitrogen and oxygen atoms in total. The Morgan fingerprint density at radius 3 is 2.61 bits per heavy atom. The predicted octanol–water partition coefficient (Wildman–Crippen LogP) is 2.27. The van der Waals surface area contributed by atoms with Crippen molar-refractivity contribution in [2.24, 2.45) is 7.05 Å². The number of aryl methyl sites for hydroxylation is 1. The number of benzene rings is 2. The van der Waals surface area contributed by atoms with Gasteiger partial charge in [0.15, 0.2) is 0 Å². The van der Waals surface area contributed by atoms with Gasteiger partial charge in [-0.2, -0.15) is 10.2 Å². The summed E-state index contributed by atoms with van der Waals surface area (Å²) in [7, 11) is 4.85. The van der Waals surface area contributed by atoms with Crippen molar-refractivity contribution in [2.45, 2.75) is 6.54 Å². The van der Waals surface area contributed by atoms with Gasteiger partial charge in [0.1, 0.15) is 17.2 Å². The van der Waals surface area contributed by atoms with Crippen molar-refractivity contribution >= 4 is 16.7 Å². The minimum absolute atomic E-state index is 0.152. The first kappa shape index (κ1) is 20.1. The van der Waals surface area contributed by atoms with Crippen molar-refractivity contribution in [1.82, 2.24) is 25.3 Å². The van der Waals surface area contributed by atoms with E-state index >= 15 is 0 Å². The molecule has 0 fully saturated rings. The quantitative estimate of drug-likeness (QED) is 0.496. The zero-order valence-corrected chi connectivity index (χ0v) is 17.3. The summed E-state index contributed by atoms with van der Waals surface area (Å²) in [6, 6.07) is 14.2. The van der Waals surface area contributed by atoms with Crippen molar-refractivity contribution < 1.29 is 14.3 Å². The number of carbonyl (C=O) groups is 1. The number of amides is 1. The molecule has 0 saturated carbocycles. The van der Waals surface area contributed by atoms with Crippen LogP contribution in [0.3, 0.4) is 0 Å². The lowest BCUT2D eigenvalue weighted by Crippen LogP contribution is -2.26. The number of methoxy groups -OCH3 is 2. The Hall–Kier alpha value is -4.14. The average Bonchev–Trinajstić information content (AvgIpc) is 3.19. The summed E-state index contributed by atoms with van der Waals surface area (Å²) in [5.41, 5.74) is 1.96. The molecule has 4 rings (SSSR count). The van der Waals surface area contributed by atoms with E-state index in [1.165, 1.54) is 4.68 Å². The van der Waals surface area contributed by atoms with Crippen LogP contribution in [0.25, 0.3) is 22.0 Å². The second kappa shape index (κ2) is 8.31. The first-order valence-electron chi connectivity index (χ1n) is 9.52. The number of aromatic amines is 1. The molecule has 2 aromatic carbocycles. The topological polar surface area (TPSA) is 111 Å². The fourth-order valence-electron chi connectivity index (χ4n) is 3.39. The number of nitrogens with one attached hydrogen (secondary N) is 2. The van der Waals surface area contributed by atoms with E-state index in [-0.39, 0.29) is 18.0 Å². The largest absolute Gasteiger partial charge is 0.497 e. The monoisotopic (exact) mass is 419 g/mol. The summed E-state index contributed by atoms with van der Waals surface area (Å²) in [6.45, 7) is 0.152. The molecular formula is C22H21N5O4. The van der Waals surface area contributed by atoms with Gasteiger partial charge in [-0.3, -0.25) is 14.3 Å². The van der Waals surface area contributed by atoms with Crippen LogP contribution in [0.4, 0.5) is 0 Å². The Morgan fingerprint density at radius 1 is 1.10 bits per heavy atom. The minimum atomic E-state index is -0.319.